The maximum atomic E-state index is 5.89. The first-order valence-corrected chi connectivity index (χ1v) is 7.62. The largest absolute Gasteiger partial charge is 0.492 e. The minimum absolute atomic E-state index is 0.481. The highest BCUT2D eigenvalue weighted by Gasteiger charge is 2.13. The Labute approximate surface area is 125 Å². The van der Waals surface area contributed by atoms with Gasteiger partial charge in [-0.1, -0.05) is 22.0 Å². The summed E-state index contributed by atoms with van der Waals surface area (Å²) in [6.45, 7) is 10.9. The number of ether oxygens (including phenoxy) is 1. The van der Waals surface area contributed by atoms with E-state index in [2.05, 4.69) is 48.5 Å². The Morgan fingerprint density at radius 2 is 1.84 bits per heavy atom. The van der Waals surface area contributed by atoms with Crippen LogP contribution in [0, 0.1) is 0 Å². The summed E-state index contributed by atoms with van der Waals surface area (Å²) in [4.78, 5) is 2.42. The van der Waals surface area contributed by atoms with Gasteiger partial charge in [0.2, 0.25) is 0 Å². The van der Waals surface area contributed by atoms with Crippen molar-refractivity contribution in [1.29, 1.82) is 0 Å². The van der Waals surface area contributed by atoms with Crippen molar-refractivity contribution in [3.63, 3.8) is 0 Å². The van der Waals surface area contributed by atoms with Crippen molar-refractivity contribution in [1.82, 2.24) is 4.90 Å². The predicted molar refractivity (Wildman–Crippen MR) is 84.5 cm³/mol. The molecule has 0 heterocycles. The molecule has 0 aliphatic heterocycles. The fourth-order valence-corrected chi connectivity index (χ4v) is 2.76. The summed E-state index contributed by atoms with van der Waals surface area (Å²) < 4.78 is 6.90. The molecule has 0 spiro atoms. The van der Waals surface area contributed by atoms with Crippen molar-refractivity contribution in [3.05, 3.63) is 28.2 Å². The van der Waals surface area contributed by atoms with Crippen LogP contribution >= 0.6 is 15.9 Å². The number of hydrogen-bond acceptors (Lipinski definition) is 3. The van der Waals surface area contributed by atoms with Crippen LogP contribution in [0.5, 0.6) is 5.75 Å². The van der Waals surface area contributed by atoms with Gasteiger partial charge in [0.25, 0.3) is 0 Å². The molecule has 19 heavy (non-hydrogen) atoms. The van der Waals surface area contributed by atoms with Crippen LogP contribution in [0.3, 0.4) is 0 Å². The molecule has 0 amide bonds. The molecule has 0 saturated heterocycles. The second-order valence-electron chi connectivity index (χ2n) is 5.19. The van der Waals surface area contributed by atoms with Crippen molar-refractivity contribution in [2.24, 2.45) is 5.73 Å². The van der Waals surface area contributed by atoms with Crippen LogP contribution in [-0.2, 0) is 6.54 Å². The molecule has 1 aromatic rings. The number of nitrogens with two attached hydrogens (primary N) is 1. The van der Waals surface area contributed by atoms with Crippen LogP contribution < -0.4 is 10.5 Å². The van der Waals surface area contributed by atoms with E-state index < -0.39 is 0 Å². The molecular weight excluding hydrogens is 304 g/mol. The summed E-state index contributed by atoms with van der Waals surface area (Å²) in [7, 11) is 0. The maximum absolute atomic E-state index is 5.89. The molecule has 0 aliphatic rings. The van der Waals surface area contributed by atoms with Gasteiger partial charge in [0.1, 0.15) is 12.4 Å². The van der Waals surface area contributed by atoms with Gasteiger partial charge in [-0.3, -0.25) is 4.90 Å². The first-order chi connectivity index (χ1) is 8.97. The smallest absolute Gasteiger partial charge is 0.124 e. The molecule has 0 aliphatic carbocycles. The van der Waals surface area contributed by atoms with E-state index in [4.69, 9.17) is 10.5 Å². The topological polar surface area (TPSA) is 38.5 Å². The summed E-state index contributed by atoms with van der Waals surface area (Å²) in [5.74, 6) is 0.879. The lowest BCUT2D eigenvalue weighted by Crippen LogP contribution is -2.39. The minimum Gasteiger partial charge on any atom is -0.492 e. The maximum Gasteiger partial charge on any atom is 0.124 e. The monoisotopic (exact) mass is 328 g/mol. The van der Waals surface area contributed by atoms with Crippen LogP contribution in [0.25, 0.3) is 0 Å². The summed E-state index contributed by atoms with van der Waals surface area (Å²) in [6.07, 6.45) is 0. The normalized spacial score (nSPS) is 11.6. The first kappa shape index (κ1) is 16.5. The number of rotatable bonds is 7. The van der Waals surface area contributed by atoms with E-state index >= 15 is 0 Å². The number of halogens is 1. The average Bonchev–Trinajstić information content (AvgIpc) is 2.33. The van der Waals surface area contributed by atoms with Gasteiger partial charge >= 0.3 is 0 Å². The van der Waals surface area contributed by atoms with Gasteiger partial charge in [-0.15, -0.1) is 0 Å². The van der Waals surface area contributed by atoms with Gasteiger partial charge < -0.3 is 10.5 Å². The van der Waals surface area contributed by atoms with Crippen molar-refractivity contribution < 1.29 is 4.74 Å². The molecule has 0 bridgehead atoms. The Balaban J connectivity index is 2.60. The third kappa shape index (κ3) is 4.79. The number of benzene rings is 1. The Morgan fingerprint density at radius 1 is 1.21 bits per heavy atom. The van der Waals surface area contributed by atoms with Crippen molar-refractivity contribution in [2.75, 3.05) is 13.2 Å². The minimum atomic E-state index is 0.481. The van der Waals surface area contributed by atoms with Gasteiger partial charge in [-0.25, -0.2) is 0 Å². The Morgan fingerprint density at radius 3 is 2.37 bits per heavy atom. The third-order valence-corrected chi connectivity index (χ3v) is 3.96. The lowest BCUT2D eigenvalue weighted by molar-refractivity contribution is 0.141. The zero-order valence-corrected chi connectivity index (χ0v) is 13.9. The van der Waals surface area contributed by atoms with Crippen molar-refractivity contribution in [3.8, 4) is 5.75 Å². The van der Waals surface area contributed by atoms with Crippen LogP contribution in [0.4, 0.5) is 0 Å². The molecule has 2 N–H and O–H groups in total. The second-order valence-corrected chi connectivity index (χ2v) is 6.05. The molecule has 0 radical (unpaired) electrons. The highest BCUT2D eigenvalue weighted by Crippen LogP contribution is 2.26. The van der Waals surface area contributed by atoms with E-state index in [1.54, 1.807) is 0 Å². The third-order valence-electron chi connectivity index (χ3n) is 3.21. The summed E-state index contributed by atoms with van der Waals surface area (Å²) in [5, 5.41) is 0. The van der Waals surface area contributed by atoms with Crippen molar-refractivity contribution in [2.45, 2.75) is 46.3 Å². The average molecular weight is 329 g/mol. The van der Waals surface area contributed by atoms with E-state index in [0.717, 1.165) is 22.3 Å². The van der Waals surface area contributed by atoms with Crippen LogP contribution in [0.15, 0.2) is 22.7 Å². The summed E-state index contributed by atoms with van der Waals surface area (Å²) in [5.41, 5.74) is 6.79. The molecule has 0 fully saturated rings. The molecule has 1 rings (SSSR count). The zero-order chi connectivity index (χ0) is 14.4. The molecule has 0 saturated carbocycles. The van der Waals surface area contributed by atoms with Gasteiger partial charge in [-0.05, 0) is 39.8 Å². The molecular formula is C15H25BrN2O. The predicted octanol–water partition coefficient (Wildman–Crippen LogP) is 3.41. The first-order valence-electron chi connectivity index (χ1n) is 6.83. The van der Waals surface area contributed by atoms with Crippen LogP contribution in [0.2, 0.25) is 0 Å². The highest BCUT2D eigenvalue weighted by atomic mass is 79.9. The van der Waals surface area contributed by atoms with E-state index in [1.807, 2.05) is 18.2 Å². The second kappa shape index (κ2) is 7.88. The molecule has 0 atom stereocenters. The fourth-order valence-electron chi connectivity index (χ4n) is 2.25. The SMILES string of the molecule is CC(C)N(CCOc1cccc(Br)c1CN)C(C)C. The highest BCUT2D eigenvalue weighted by molar-refractivity contribution is 9.10. The molecule has 0 unspecified atom stereocenters. The van der Waals surface area contributed by atoms with Crippen LogP contribution in [-0.4, -0.2) is 30.1 Å². The summed E-state index contributed by atoms with van der Waals surface area (Å²) in [6, 6.07) is 6.99. The molecule has 1 aromatic carbocycles. The van der Waals surface area contributed by atoms with Crippen molar-refractivity contribution >= 4 is 15.9 Å². The van der Waals surface area contributed by atoms with Crippen LogP contribution in [0.1, 0.15) is 33.3 Å². The van der Waals surface area contributed by atoms with Gasteiger partial charge in [0.15, 0.2) is 0 Å². The Bertz CT molecular complexity index is 386. The summed E-state index contributed by atoms with van der Waals surface area (Å²) >= 11 is 3.50. The van der Waals surface area contributed by atoms with E-state index in [9.17, 15) is 0 Å². The lowest BCUT2D eigenvalue weighted by Gasteiger charge is -2.30. The number of nitrogens with zero attached hydrogens (tertiary/aromatic N) is 1. The molecule has 4 heteroatoms. The quantitative estimate of drug-likeness (QED) is 0.833. The van der Waals surface area contributed by atoms with E-state index in [1.165, 1.54) is 0 Å². The molecule has 3 nitrogen and oxygen atoms in total. The zero-order valence-electron chi connectivity index (χ0n) is 12.3. The molecule has 108 valence electrons. The number of hydrogen-bond donors (Lipinski definition) is 1. The Hall–Kier alpha value is -0.580. The van der Waals surface area contributed by atoms with E-state index in [0.29, 0.717) is 25.2 Å². The van der Waals surface area contributed by atoms with Gasteiger partial charge in [0.05, 0.1) is 0 Å². The fraction of sp³-hybridized carbons (Fsp3) is 0.600. The van der Waals surface area contributed by atoms with Gasteiger partial charge in [-0.2, -0.15) is 0 Å². The molecule has 0 aromatic heterocycles. The standard InChI is InChI=1S/C15H25BrN2O/c1-11(2)18(12(3)4)8-9-19-15-7-5-6-14(16)13(15)10-17/h5-7,11-12H,8-10,17H2,1-4H3. The van der Waals surface area contributed by atoms with Gasteiger partial charge in [0, 0.05) is 35.2 Å². The van der Waals surface area contributed by atoms with E-state index in [-0.39, 0.29) is 0 Å². The lowest BCUT2D eigenvalue weighted by atomic mass is 10.2. The Kier molecular flexibility index (Phi) is 6.83.